The monoisotopic (exact) mass is 185 g/mol. The zero-order chi connectivity index (χ0) is 9.52. The average Bonchev–Trinajstić information content (AvgIpc) is 2.75. The third-order valence-corrected chi connectivity index (χ3v) is 1.84. The van der Waals surface area contributed by atoms with Gasteiger partial charge in [0.15, 0.2) is 0 Å². The summed E-state index contributed by atoms with van der Waals surface area (Å²) in [4.78, 5) is 2.23. The summed E-state index contributed by atoms with van der Waals surface area (Å²) >= 11 is 0. The van der Waals surface area contributed by atoms with Gasteiger partial charge >= 0.3 is 0 Å². The van der Waals surface area contributed by atoms with E-state index >= 15 is 0 Å². The highest BCUT2D eigenvalue weighted by Gasteiger charge is 2.10. The van der Waals surface area contributed by atoms with Crippen molar-refractivity contribution in [3.8, 4) is 0 Å². The van der Waals surface area contributed by atoms with Gasteiger partial charge in [-0.05, 0) is 0 Å². The Morgan fingerprint density at radius 1 is 1.46 bits per heavy atom. The number of hydrogen-bond donors (Lipinski definition) is 2. The number of hydrogen-bond acceptors (Lipinski definition) is 4. The standard InChI is InChI=1S/C7H11N3O.CH4O/c1-2-8-9-7(1)10-3-5-11-6-4-10;1-2/h1-2H,3-6H2,(H,8,9);2H,1H3. The van der Waals surface area contributed by atoms with Crippen LogP contribution in [0.2, 0.25) is 0 Å². The number of aromatic nitrogens is 2. The van der Waals surface area contributed by atoms with Gasteiger partial charge in [-0.15, -0.1) is 0 Å². The highest BCUT2D eigenvalue weighted by Crippen LogP contribution is 2.09. The van der Waals surface area contributed by atoms with Gasteiger partial charge in [0.05, 0.1) is 19.4 Å². The first-order valence-corrected chi connectivity index (χ1v) is 4.23. The molecule has 0 spiro atoms. The van der Waals surface area contributed by atoms with Crippen LogP contribution < -0.4 is 4.90 Å². The molecule has 0 saturated carbocycles. The minimum Gasteiger partial charge on any atom is -0.400 e. The molecule has 5 heteroatoms. The molecule has 2 rings (SSSR count). The second kappa shape index (κ2) is 5.55. The second-order valence-corrected chi connectivity index (χ2v) is 2.54. The van der Waals surface area contributed by atoms with Crippen LogP contribution >= 0.6 is 0 Å². The maximum Gasteiger partial charge on any atom is 0.124 e. The summed E-state index contributed by atoms with van der Waals surface area (Å²) in [7, 11) is 1.00. The highest BCUT2D eigenvalue weighted by molar-refractivity contribution is 5.36. The van der Waals surface area contributed by atoms with Crippen LogP contribution in [0.15, 0.2) is 12.3 Å². The fourth-order valence-corrected chi connectivity index (χ4v) is 1.23. The van der Waals surface area contributed by atoms with Gasteiger partial charge in [0, 0.05) is 26.3 Å². The molecule has 1 aromatic rings. The Morgan fingerprint density at radius 3 is 2.69 bits per heavy atom. The molecular weight excluding hydrogens is 170 g/mol. The van der Waals surface area contributed by atoms with Crippen molar-refractivity contribution in [3.05, 3.63) is 12.3 Å². The van der Waals surface area contributed by atoms with Crippen LogP contribution in [-0.2, 0) is 4.74 Å². The predicted octanol–water partition coefficient (Wildman–Crippen LogP) is -0.145. The molecule has 0 bridgehead atoms. The summed E-state index contributed by atoms with van der Waals surface area (Å²) in [6.45, 7) is 3.56. The van der Waals surface area contributed by atoms with Crippen LogP contribution in [0, 0.1) is 0 Å². The summed E-state index contributed by atoms with van der Waals surface area (Å²) in [5.74, 6) is 1.09. The number of aliphatic hydroxyl groups excluding tert-OH is 1. The van der Waals surface area contributed by atoms with E-state index in [9.17, 15) is 0 Å². The third-order valence-electron chi connectivity index (χ3n) is 1.84. The third kappa shape index (κ3) is 2.71. The minimum absolute atomic E-state index is 0.818. The molecule has 5 nitrogen and oxygen atoms in total. The van der Waals surface area contributed by atoms with E-state index in [1.165, 1.54) is 0 Å². The molecule has 1 fully saturated rings. The van der Waals surface area contributed by atoms with E-state index in [1.54, 1.807) is 6.20 Å². The van der Waals surface area contributed by atoms with Gasteiger partial charge in [-0.3, -0.25) is 5.10 Å². The number of nitrogens with zero attached hydrogens (tertiary/aromatic N) is 2. The molecule has 0 unspecified atom stereocenters. The molecule has 0 aliphatic carbocycles. The van der Waals surface area contributed by atoms with Gasteiger partial charge in [0.1, 0.15) is 5.82 Å². The number of aromatic amines is 1. The normalized spacial score (nSPS) is 16.3. The van der Waals surface area contributed by atoms with Crippen LogP contribution in [0.25, 0.3) is 0 Å². The lowest BCUT2D eigenvalue weighted by Gasteiger charge is -2.26. The molecule has 1 aromatic heterocycles. The Hall–Kier alpha value is -1.07. The molecule has 0 aromatic carbocycles. The molecule has 2 N–H and O–H groups in total. The molecule has 13 heavy (non-hydrogen) atoms. The predicted molar refractivity (Wildman–Crippen MR) is 49.8 cm³/mol. The lowest BCUT2D eigenvalue weighted by molar-refractivity contribution is 0.122. The molecule has 1 aliphatic rings. The number of H-pyrrole nitrogens is 1. The van der Waals surface area contributed by atoms with Gasteiger partial charge in [-0.1, -0.05) is 0 Å². The number of nitrogens with one attached hydrogen (secondary N) is 1. The van der Waals surface area contributed by atoms with E-state index < -0.39 is 0 Å². The summed E-state index contributed by atoms with van der Waals surface area (Å²) in [6, 6.07) is 1.98. The summed E-state index contributed by atoms with van der Waals surface area (Å²) in [6.07, 6.45) is 1.77. The molecule has 0 amide bonds. The maximum atomic E-state index is 7.00. The summed E-state index contributed by atoms with van der Waals surface area (Å²) in [5, 5.41) is 13.8. The van der Waals surface area contributed by atoms with E-state index in [0.717, 1.165) is 39.2 Å². The Kier molecular flexibility index (Phi) is 4.28. The maximum absolute atomic E-state index is 7.00. The van der Waals surface area contributed by atoms with Crippen LogP contribution in [-0.4, -0.2) is 48.7 Å². The average molecular weight is 185 g/mol. The fourth-order valence-electron chi connectivity index (χ4n) is 1.23. The Balaban J connectivity index is 0.000000396. The van der Waals surface area contributed by atoms with Gasteiger partial charge in [0.25, 0.3) is 0 Å². The lowest BCUT2D eigenvalue weighted by atomic mass is 10.4. The van der Waals surface area contributed by atoms with Crippen molar-refractivity contribution >= 4 is 5.82 Å². The summed E-state index contributed by atoms with van der Waals surface area (Å²) in [5.41, 5.74) is 0. The van der Waals surface area contributed by atoms with Crippen molar-refractivity contribution in [1.82, 2.24) is 10.2 Å². The number of ether oxygens (including phenoxy) is 1. The molecule has 0 atom stereocenters. The molecular formula is C8H15N3O2. The number of morpholine rings is 1. The number of rotatable bonds is 1. The van der Waals surface area contributed by atoms with Crippen LogP contribution in [0.3, 0.4) is 0 Å². The van der Waals surface area contributed by atoms with Gasteiger partial charge in [-0.25, -0.2) is 0 Å². The number of anilines is 1. The first kappa shape index (κ1) is 10.0. The van der Waals surface area contributed by atoms with E-state index in [4.69, 9.17) is 9.84 Å². The van der Waals surface area contributed by atoms with Crippen LogP contribution in [0.5, 0.6) is 0 Å². The topological polar surface area (TPSA) is 61.4 Å². The van der Waals surface area contributed by atoms with Crippen molar-refractivity contribution in [2.24, 2.45) is 0 Å². The summed E-state index contributed by atoms with van der Waals surface area (Å²) < 4.78 is 5.22. The highest BCUT2D eigenvalue weighted by atomic mass is 16.5. The van der Waals surface area contributed by atoms with E-state index in [0.29, 0.717) is 0 Å². The van der Waals surface area contributed by atoms with E-state index in [-0.39, 0.29) is 0 Å². The van der Waals surface area contributed by atoms with Gasteiger partial charge in [0.2, 0.25) is 0 Å². The smallest absolute Gasteiger partial charge is 0.124 e. The molecule has 2 heterocycles. The van der Waals surface area contributed by atoms with Gasteiger partial charge < -0.3 is 14.7 Å². The molecule has 1 saturated heterocycles. The zero-order valence-electron chi connectivity index (χ0n) is 7.73. The largest absolute Gasteiger partial charge is 0.400 e. The second-order valence-electron chi connectivity index (χ2n) is 2.54. The Labute approximate surface area is 77.3 Å². The zero-order valence-corrected chi connectivity index (χ0v) is 7.73. The van der Waals surface area contributed by atoms with Gasteiger partial charge in [-0.2, -0.15) is 5.10 Å². The Morgan fingerprint density at radius 2 is 2.15 bits per heavy atom. The fraction of sp³-hybridized carbons (Fsp3) is 0.625. The minimum atomic E-state index is 0.818. The first-order chi connectivity index (χ1) is 6.47. The van der Waals surface area contributed by atoms with E-state index in [1.807, 2.05) is 6.07 Å². The lowest BCUT2D eigenvalue weighted by Crippen LogP contribution is -2.36. The molecule has 74 valence electrons. The van der Waals surface area contributed by atoms with Crippen molar-refractivity contribution in [1.29, 1.82) is 0 Å². The van der Waals surface area contributed by atoms with E-state index in [2.05, 4.69) is 15.1 Å². The van der Waals surface area contributed by atoms with Crippen molar-refractivity contribution in [3.63, 3.8) is 0 Å². The quantitative estimate of drug-likeness (QED) is 0.639. The van der Waals surface area contributed by atoms with Crippen LogP contribution in [0.1, 0.15) is 0 Å². The molecule has 1 aliphatic heterocycles. The van der Waals surface area contributed by atoms with Crippen molar-refractivity contribution in [2.75, 3.05) is 38.3 Å². The SMILES string of the molecule is CO.c1cc(N2CCOCC2)[nH]n1. The van der Waals surface area contributed by atoms with Crippen molar-refractivity contribution < 1.29 is 9.84 Å². The molecule has 0 radical (unpaired) electrons. The van der Waals surface area contributed by atoms with Crippen LogP contribution in [0.4, 0.5) is 5.82 Å². The number of aliphatic hydroxyl groups is 1. The van der Waals surface area contributed by atoms with Crippen molar-refractivity contribution in [2.45, 2.75) is 0 Å². The Bertz CT molecular complexity index is 207. The first-order valence-electron chi connectivity index (χ1n) is 4.23.